The summed E-state index contributed by atoms with van der Waals surface area (Å²) in [6.45, 7) is 0.256. The van der Waals surface area contributed by atoms with E-state index in [1.807, 2.05) is 30.3 Å². The van der Waals surface area contributed by atoms with Crippen LogP contribution in [0.3, 0.4) is 0 Å². The number of phenolic OH excluding ortho intramolecular Hbond substituents is 1. The Labute approximate surface area is 178 Å². The molecule has 1 atom stereocenters. The van der Waals surface area contributed by atoms with Gasteiger partial charge in [0.2, 0.25) is 0 Å². The van der Waals surface area contributed by atoms with Gasteiger partial charge in [-0.3, -0.25) is 9.80 Å². The Morgan fingerprint density at radius 2 is 1.90 bits per heavy atom. The van der Waals surface area contributed by atoms with Gasteiger partial charge in [-0.05, 0) is 23.3 Å². The van der Waals surface area contributed by atoms with Gasteiger partial charge in [0.1, 0.15) is 17.9 Å². The van der Waals surface area contributed by atoms with E-state index in [0.29, 0.717) is 5.56 Å². The highest BCUT2D eigenvalue weighted by Crippen LogP contribution is 2.30. The number of piperazine rings is 1. The van der Waals surface area contributed by atoms with Crippen molar-refractivity contribution in [1.82, 2.24) is 9.80 Å². The third-order valence-corrected chi connectivity index (χ3v) is 5.11. The van der Waals surface area contributed by atoms with Gasteiger partial charge >= 0.3 is 12.1 Å². The number of benzene rings is 2. The molecule has 1 unspecified atom stereocenters. The molecular weight excluding hydrogens is 410 g/mol. The SMILES string of the molecule is COC(=O)c1ccc(C2CN(CC(F)F)CCN2C(=O)OCc2ccccc2)cc1O. The second-order valence-corrected chi connectivity index (χ2v) is 7.17. The lowest BCUT2D eigenvalue weighted by molar-refractivity contribution is 0.0187. The Morgan fingerprint density at radius 1 is 1.16 bits per heavy atom. The average Bonchev–Trinajstić information content (AvgIpc) is 2.77. The zero-order chi connectivity index (χ0) is 22.4. The van der Waals surface area contributed by atoms with Gasteiger partial charge in [-0.25, -0.2) is 18.4 Å². The number of rotatable bonds is 6. The van der Waals surface area contributed by atoms with Crippen molar-refractivity contribution >= 4 is 12.1 Å². The molecule has 2 aromatic rings. The summed E-state index contributed by atoms with van der Waals surface area (Å²) in [6.07, 6.45) is -3.09. The Balaban J connectivity index is 1.80. The Morgan fingerprint density at radius 3 is 2.55 bits per heavy atom. The summed E-state index contributed by atoms with van der Waals surface area (Å²) in [7, 11) is 1.20. The van der Waals surface area contributed by atoms with Crippen molar-refractivity contribution in [3.63, 3.8) is 0 Å². The number of phenols is 1. The van der Waals surface area contributed by atoms with Gasteiger partial charge in [-0.2, -0.15) is 0 Å². The van der Waals surface area contributed by atoms with Gasteiger partial charge in [-0.15, -0.1) is 0 Å². The van der Waals surface area contributed by atoms with Gasteiger partial charge in [0, 0.05) is 19.6 Å². The molecule has 2 aromatic carbocycles. The number of esters is 1. The number of hydrogen-bond donors (Lipinski definition) is 1. The molecule has 1 heterocycles. The third kappa shape index (κ3) is 5.69. The van der Waals surface area contributed by atoms with Crippen molar-refractivity contribution in [2.75, 3.05) is 33.3 Å². The lowest BCUT2D eigenvalue weighted by atomic mass is 10.00. The fourth-order valence-electron chi connectivity index (χ4n) is 3.55. The Bertz CT molecular complexity index is 910. The maximum absolute atomic E-state index is 12.9. The number of hydrogen-bond acceptors (Lipinski definition) is 6. The first-order valence-corrected chi connectivity index (χ1v) is 9.78. The minimum Gasteiger partial charge on any atom is -0.507 e. The summed E-state index contributed by atoms with van der Waals surface area (Å²) in [5.41, 5.74) is 1.30. The van der Waals surface area contributed by atoms with Crippen LogP contribution in [0.2, 0.25) is 0 Å². The summed E-state index contributed by atoms with van der Waals surface area (Å²) in [6, 6.07) is 12.9. The van der Waals surface area contributed by atoms with Crippen molar-refractivity contribution in [1.29, 1.82) is 0 Å². The van der Waals surface area contributed by atoms with E-state index in [2.05, 4.69) is 4.74 Å². The molecule has 1 aliphatic rings. The number of carbonyl (C=O) groups excluding carboxylic acids is 2. The highest BCUT2D eigenvalue weighted by atomic mass is 19.3. The number of halogens is 2. The molecule has 1 amide bonds. The molecule has 1 N–H and O–H groups in total. The molecule has 3 rings (SSSR count). The minimum absolute atomic E-state index is 0.0234. The number of nitrogens with zero attached hydrogens (tertiary/aromatic N) is 2. The maximum atomic E-state index is 12.9. The molecule has 0 aromatic heterocycles. The van der Waals surface area contributed by atoms with Crippen LogP contribution in [0.4, 0.5) is 13.6 Å². The van der Waals surface area contributed by atoms with Crippen LogP contribution in [0.5, 0.6) is 5.75 Å². The van der Waals surface area contributed by atoms with Crippen molar-refractivity contribution in [3.8, 4) is 5.75 Å². The first-order chi connectivity index (χ1) is 14.9. The summed E-state index contributed by atoms with van der Waals surface area (Å²) >= 11 is 0. The van der Waals surface area contributed by atoms with Gasteiger partial charge in [0.05, 0.1) is 19.7 Å². The van der Waals surface area contributed by atoms with E-state index in [1.165, 1.54) is 24.1 Å². The molecular formula is C22H24F2N2O5. The number of aromatic hydroxyl groups is 1. The standard InChI is InChI=1S/C22H24F2N2O5/c1-30-21(28)17-8-7-16(11-19(17)27)18-12-25(13-20(23)24)9-10-26(18)22(29)31-14-15-5-3-2-4-6-15/h2-8,11,18,20,27H,9-10,12-14H2,1H3. The Kier molecular flexibility index (Phi) is 7.41. The zero-order valence-corrected chi connectivity index (χ0v) is 17.0. The van der Waals surface area contributed by atoms with E-state index in [1.54, 1.807) is 11.0 Å². The lowest BCUT2D eigenvalue weighted by Gasteiger charge is -2.41. The van der Waals surface area contributed by atoms with Crippen molar-refractivity contribution in [2.45, 2.75) is 19.1 Å². The average molecular weight is 434 g/mol. The molecule has 1 aliphatic heterocycles. The number of amides is 1. The molecule has 0 saturated carbocycles. The summed E-state index contributed by atoms with van der Waals surface area (Å²) in [4.78, 5) is 27.5. The lowest BCUT2D eigenvalue weighted by Crippen LogP contribution is -2.51. The topological polar surface area (TPSA) is 79.3 Å². The highest BCUT2D eigenvalue weighted by Gasteiger charge is 2.34. The maximum Gasteiger partial charge on any atom is 0.410 e. The molecule has 166 valence electrons. The van der Waals surface area contributed by atoms with Crippen LogP contribution in [0.15, 0.2) is 48.5 Å². The second kappa shape index (κ2) is 10.2. The van der Waals surface area contributed by atoms with Gasteiger partial charge in [0.15, 0.2) is 0 Å². The van der Waals surface area contributed by atoms with Crippen molar-refractivity contribution in [3.05, 3.63) is 65.2 Å². The zero-order valence-electron chi connectivity index (χ0n) is 17.0. The van der Waals surface area contributed by atoms with Crippen LogP contribution in [-0.4, -0.2) is 66.7 Å². The van der Waals surface area contributed by atoms with Gasteiger partial charge < -0.3 is 14.6 Å². The van der Waals surface area contributed by atoms with E-state index in [-0.39, 0.29) is 37.6 Å². The predicted molar refractivity (Wildman–Crippen MR) is 108 cm³/mol. The fourth-order valence-corrected chi connectivity index (χ4v) is 3.55. The van der Waals surface area contributed by atoms with Crippen LogP contribution >= 0.6 is 0 Å². The number of methoxy groups -OCH3 is 1. The van der Waals surface area contributed by atoms with E-state index in [9.17, 15) is 23.5 Å². The van der Waals surface area contributed by atoms with Gasteiger partial charge in [-0.1, -0.05) is 36.4 Å². The molecule has 1 fully saturated rings. The highest BCUT2D eigenvalue weighted by molar-refractivity contribution is 5.92. The number of carbonyl (C=O) groups is 2. The van der Waals surface area contributed by atoms with Crippen LogP contribution in [-0.2, 0) is 16.1 Å². The van der Waals surface area contributed by atoms with E-state index in [4.69, 9.17) is 4.74 Å². The van der Waals surface area contributed by atoms with Crippen LogP contribution in [0.1, 0.15) is 27.5 Å². The van der Waals surface area contributed by atoms with E-state index < -0.39 is 31.1 Å². The predicted octanol–water partition coefficient (Wildman–Crippen LogP) is 3.44. The van der Waals surface area contributed by atoms with Crippen LogP contribution < -0.4 is 0 Å². The summed E-state index contributed by atoms with van der Waals surface area (Å²) < 4.78 is 35.9. The third-order valence-electron chi connectivity index (χ3n) is 5.11. The second-order valence-electron chi connectivity index (χ2n) is 7.17. The molecule has 1 saturated heterocycles. The summed E-state index contributed by atoms with van der Waals surface area (Å²) in [5, 5.41) is 10.2. The monoisotopic (exact) mass is 434 g/mol. The fraction of sp³-hybridized carbons (Fsp3) is 0.364. The normalized spacial score (nSPS) is 16.9. The van der Waals surface area contributed by atoms with Crippen LogP contribution in [0.25, 0.3) is 0 Å². The molecule has 31 heavy (non-hydrogen) atoms. The first kappa shape index (κ1) is 22.5. The number of ether oxygens (including phenoxy) is 2. The molecule has 0 radical (unpaired) electrons. The molecule has 9 heteroatoms. The summed E-state index contributed by atoms with van der Waals surface area (Å²) in [5.74, 6) is -1.01. The van der Waals surface area contributed by atoms with E-state index in [0.717, 1.165) is 5.56 Å². The van der Waals surface area contributed by atoms with Gasteiger partial charge in [0.25, 0.3) is 6.43 Å². The van der Waals surface area contributed by atoms with Crippen molar-refractivity contribution < 1.29 is 33.0 Å². The largest absolute Gasteiger partial charge is 0.507 e. The van der Waals surface area contributed by atoms with Crippen LogP contribution in [0, 0.1) is 0 Å². The Hall–Kier alpha value is -3.20. The molecule has 0 bridgehead atoms. The smallest absolute Gasteiger partial charge is 0.410 e. The van der Waals surface area contributed by atoms with Crippen molar-refractivity contribution in [2.24, 2.45) is 0 Å². The first-order valence-electron chi connectivity index (χ1n) is 9.78. The molecule has 7 nitrogen and oxygen atoms in total. The molecule has 0 spiro atoms. The number of alkyl halides is 2. The van der Waals surface area contributed by atoms with E-state index >= 15 is 0 Å². The minimum atomic E-state index is -2.51. The quantitative estimate of drug-likeness (QED) is 0.702. The molecule has 0 aliphatic carbocycles.